The number of benzene rings is 2. The number of phenolic OH excluding ortho intramolecular Hbond substituents is 1. The van der Waals surface area contributed by atoms with Gasteiger partial charge in [-0.05, 0) is 30.2 Å². The first-order chi connectivity index (χ1) is 9.52. The number of primary amides is 1. The molecule has 2 rings (SSSR count). The first-order valence-corrected chi connectivity index (χ1v) is 6.41. The van der Waals surface area contributed by atoms with Gasteiger partial charge >= 0.3 is 0 Å². The van der Waals surface area contributed by atoms with E-state index >= 15 is 0 Å². The molecule has 4 nitrogen and oxygen atoms in total. The maximum atomic E-state index is 11.8. The summed E-state index contributed by atoms with van der Waals surface area (Å²) in [6.07, 6.45) is 0. The van der Waals surface area contributed by atoms with Gasteiger partial charge in [0.1, 0.15) is 11.3 Å². The van der Waals surface area contributed by atoms with Crippen LogP contribution in [0.3, 0.4) is 0 Å². The lowest BCUT2D eigenvalue weighted by Crippen LogP contribution is -2.50. The summed E-state index contributed by atoms with van der Waals surface area (Å²) in [4.78, 5) is 11.8. The summed E-state index contributed by atoms with van der Waals surface area (Å²) in [5.41, 5.74) is 6.35. The van der Waals surface area contributed by atoms with Crippen molar-refractivity contribution in [1.82, 2.24) is 5.32 Å². The predicted molar refractivity (Wildman–Crippen MR) is 77.9 cm³/mol. The third-order valence-corrected chi connectivity index (χ3v) is 3.43. The zero-order valence-electron chi connectivity index (χ0n) is 11.3. The maximum absolute atomic E-state index is 11.8. The number of aromatic hydroxyl groups is 1. The molecule has 0 aliphatic rings. The Labute approximate surface area is 118 Å². The van der Waals surface area contributed by atoms with Gasteiger partial charge in [-0.3, -0.25) is 10.1 Å². The van der Waals surface area contributed by atoms with Gasteiger partial charge in [0.2, 0.25) is 5.91 Å². The monoisotopic (exact) mass is 270 g/mol. The number of hydrogen-bond donors (Lipinski definition) is 3. The van der Waals surface area contributed by atoms with Crippen LogP contribution >= 0.6 is 0 Å². The Kier molecular flexibility index (Phi) is 4.05. The Hall–Kier alpha value is -2.33. The molecule has 4 N–H and O–H groups in total. The summed E-state index contributed by atoms with van der Waals surface area (Å²) >= 11 is 0. The van der Waals surface area contributed by atoms with Crippen LogP contribution < -0.4 is 11.1 Å². The molecule has 104 valence electrons. The summed E-state index contributed by atoms with van der Waals surface area (Å²) < 4.78 is 0. The predicted octanol–water partition coefficient (Wildman–Crippen LogP) is 1.88. The van der Waals surface area contributed by atoms with E-state index in [2.05, 4.69) is 5.32 Å². The second-order valence-corrected chi connectivity index (χ2v) is 4.88. The van der Waals surface area contributed by atoms with E-state index in [0.29, 0.717) is 6.54 Å². The Balaban J connectivity index is 2.21. The lowest BCUT2D eigenvalue weighted by Gasteiger charge is -2.28. The average Bonchev–Trinajstić information content (AvgIpc) is 2.46. The average molecular weight is 270 g/mol. The fourth-order valence-corrected chi connectivity index (χ4v) is 2.00. The molecule has 0 aliphatic heterocycles. The lowest BCUT2D eigenvalue weighted by atomic mass is 9.91. The molecule has 0 saturated heterocycles. The molecule has 0 radical (unpaired) electrons. The number of amides is 1. The normalized spacial score (nSPS) is 13.7. The van der Waals surface area contributed by atoms with E-state index < -0.39 is 11.4 Å². The largest absolute Gasteiger partial charge is 0.508 e. The molecular weight excluding hydrogens is 252 g/mol. The number of nitrogens with two attached hydrogens (primary N) is 1. The van der Waals surface area contributed by atoms with Crippen LogP contribution in [0, 0.1) is 0 Å². The highest BCUT2D eigenvalue weighted by Gasteiger charge is 2.32. The molecule has 1 amide bonds. The fraction of sp³-hybridized carbons (Fsp3) is 0.188. The number of rotatable bonds is 5. The molecule has 0 bridgehead atoms. The molecule has 0 saturated carbocycles. The number of phenols is 1. The molecule has 20 heavy (non-hydrogen) atoms. The fourth-order valence-electron chi connectivity index (χ4n) is 2.00. The van der Waals surface area contributed by atoms with Gasteiger partial charge in [0, 0.05) is 6.54 Å². The summed E-state index contributed by atoms with van der Waals surface area (Å²) in [5.74, 6) is -0.303. The number of hydrogen-bond acceptors (Lipinski definition) is 3. The summed E-state index contributed by atoms with van der Waals surface area (Å²) in [5, 5.41) is 12.5. The van der Waals surface area contributed by atoms with Crippen molar-refractivity contribution in [3.05, 3.63) is 65.7 Å². The van der Waals surface area contributed by atoms with Gasteiger partial charge in [-0.25, -0.2) is 0 Å². The highest BCUT2D eigenvalue weighted by Crippen LogP contribution is 2.23. The molecule has 2 aromatic rings. The molecular formula is C16H18N2O2. The highest BCUT2D eigenvalue weighted by molar-refractivity contribution is 5.85. The molecule has 1 unspecified atom stereocenters. The van der Waals surface area contributed by atoms with E-state index in [4.69, 9.17) is 5.73 Å². The molecule has 4 heteroatoms. The van der Waals surface area contributed by atoms with Crippen molar-refractivity contribution in [2.24, 2.45) is 5.73 Å². The van der Waals surface area contributed by atoms with Crippen molar-refractivity contribution in [2.75, 3.05) is 0 Å². The van der Waals surface area contributed by atoms with E-state index in [1.54, 1.807) is 31.2 Å². The molecule has 0 heterocycles. The summed E-state index contributed by atoms with van der Waals surface area (Å²) in [7, 11) is 0. The third kappa shape index (κ3) is 2.97. The minimum atomic E-state index is -0.983. The Morgan fingerprint density at radius 1 is 1.15 bits per heavy atom. The van der Waals surface area contributed by atoms with Crippen LogP contribution in [-0.4, -0.2) is 11.0 Å². The molecule has 0 fully saturated rings. The van der Waals surface area contributed by atoms with E-state index in [1.807, 2.05) is 30.3 Å². The third-order valence-electron chi connectivity index (χ3n) is 3.43. The van der Waals surface area contributed by atoms with E-state index in [1.165, 1.54) is 0 Å². The van der Waals surface area contributed by atoms with Gasteiger partial charge in [0.25, 0.3) is 0 Å². The minimum absolute atomic E-state index is 0.156. The van der Waals surface area contributed by atoms with Crippen LogP contribution in [0.2, 0.25) is 0 Å². The smallest absolute Gasteiger partial charge is 0.242 e. The van der Waals surface area contributed by atoms with Gasteiger partial charge in [0.05, 0.1) is 0 Å². The van der Waals surface area contributed by atoms with Crippen LogP contribution in [0.15, 0.2) is 54.6 Å². The van der Waals surface area contributed by atoms with Crippen molar-refractivity contribution in [3.8, 4) is 5.75 Å². The van der Waals surface area contributed by atoms with Crippen LogP contribution in [0.1, 0.15) is 18.1 Å². The van der Waals surface area contributed by atoms with Crippen molar-refractivity contribution in [3.63, 3.8) is 0 Å². The van der Waals surface area contributed by atoms with Gasteiger partial charge in [-0.2, -0.15) is 0 Å². The van der Waals surface area contributed by atoms with Crippen molar-refractivity contribution < 1.29 is 9.90 Å². The minimum Gasteiger partial charge on any atom is -0.508 e. The van der Waals surface area contributed by atoms with Crippen molar-refractivity contribution in [1.29, 1.82) is 0 Å². The SMILES string of the molecule is CC(NCc1ccccc1)(C(N)=O)c1ccc(O)cc1. The van der Waals surface area contributed by atoms with Crippen LogP contribution in [0.4, 0.5) is 0 Å². The van der Waals surface area contributed by atoms with Gasteiger partial charge in [-0.1, -0.05) is 42.5 Å². The summed E-state index contributed by atoms with van der Waals surface area (Å²) in [6, 6.07) is 16.3. The van der Waals surface area contributed by atoms with Gasteiger partial charge < -0.3 is 10.8 Å². The second kappa shape index (κ2) is 5.75. The highest BCUT2D eigenvalue weighted by atomic mass is 16.3. The van der Waals surface area contributed by atoms with E-state index in [0.717, 1.165) is 11.1 Å². The van der Waals surface area contributed by atoms with Gasteiger partial charge in [0.15, 0.2) is 0 Å². The van der Waals surface area contributed by atoms with Gasteiger partial charge in [-0.15, -0.1) is 0 Å². The van der Waals surface area contributed by atoms with Crippen molar-refractivity contribution in [2.45, 2.75) is 19.0 Å². The standard InChI is InChI=1S/C16H18N2O2/c1-16(15(17)20,13-7-9-14(19)10-8-13)18-11-12-5-3-2-4-6-12/h2-10,18-19H,11H2,1H3,(H2,17,20). The maximum Gasteiger partial charge on any atom is 0.242 e. The van der Waals surface area contributed by atoms with Crippen LogP contribution in [-0.2, 0) is 16.9 Å². The number of carbonyl (C=O) groups excluding carboxylic acids is 1. The lowest BCUT2D eigenvalue weighted by molar-refractivity contribution is -0.124. The Bertz CT molecular complexity index is 581. The van der Waals surface area contributed by atoms with Crippen LogP contribution in [0.25, 0.3) is 0 Å². The Morgan fingerprint density at radius 3 is 2.30 bits per heavy atom. The zero-order valence-corrected chi connectivity index (χ0v) is 11.3. The van der Waals surface area contributed by atoms with E-state index in [-0.39, 0.29) is 5.75 Å². The number of nitrogens with one attached hydrogen (secondary N) is 1. The number of carbonyl (C=O) groups is 1. The quantitative estimate of drug-likeness (QED) is 0.776. The molecule has 0 spiro atoms. The van der Waals surface area contributed by atoms with Crippen molar-refractivity contribution >= 4 is 5.91 Å². The first-order valence-electron chi connectivity index (χ1n) is 6.41. The molecule has 2 aromatic carbocycles. The first kappa shape index (κ1) is 14.1. The molecule has 1 atom stereocenters. The Morgan fingerprint density at radius 2 is 1.75 bits per heavy atom. The molecule has 0 aliphatic carbocycles. The molecule has 0 aromatic heterocycles. The topological polar surface area (TPSA) is 75.3 Å². The zero-order chi connectivity index (χ0) is 14.6. The summed E-state index contributed by atoms with van der Waals surface area (Å²) in [6.45, 7) is 2.27. The second-order valence-electron chi connectivity index (χ2n) is 4.88. The van der Waals surface area contributed by atoms with Crippen LogP contribution in [0.5, 0.6) is 5.75 Å². The van der Waals surface area contributed by atoms with E-state index in [9.17, 15) is 9.90 Å².